The molecule has 118 valence electrons. The molecule has 23 heavy (non-hydrogen) atoms. The first-order valence-electron chi connectivity index (χ1n) is 7.97. The van der Waals surface area contributed by atoms with Gasteiger partial charge in [-0.05, 0) is 41.7 Å². The molecule has 0 atom stereocenters. The van der Waals surface area contributed by atoms with E-state index in [1.54, 1.807) is 0 Å². The monoisotopic (exact) mass is 307 g/mol. The molecule has 0 aliphatic rings. The first-order chi connectivity index (χ1) is 11.0. The number of hydrogen-bond donors (Lipinski definition) is 2. The van der Waals surface area contributed by atoms with Crippen LogP contribution < -0.4 is 0 Å². The molecule has 2 aromatic carbocycles. The van der Waals surface area contributed by atoms with Crippen LogP contribution in [-0.2, 0) is 11.2 Å². The molecule has 0 saturated carbocycles. The van der Waals surface area contributed by atoms with Gasteiger partial charge in [-0.3, -0.25) is 4.79 Å². The van der Waals surface area contributed by atoms with Crippen LogP contribution in [0.3, 0.4) is 0 Å². The number of benzene rings is 2. The second-order valence-electron chi connectivity index (χ2n) is 6.24. The summed E-state index contributed by atoms with van der Waals surface area (Å²) in [6, 6.07) is 16.7. The smallest absolute Gasteiger partial charge is 0.303 e. The third-order valence-corrected chi connectivity index (χ3v) is 4.19. The Kier molecular flexibility index (Phi) is 4.20. The largest absolute Gasteiger partial charge is 0.481 e. The maximum atomic E-state index is 10.7. The van der Waals surface area contributed by atoms with Crippen LogP contribution in [0.25, 0.3) is 22.2 Å². The Labute approximate surface area is 136 Å². The van der Waals surface area contributed by atoms with E-state index in [4.69, 9.17) is 5.11 Å². The molecule has 0 amide bonds. The van der Waals surface area contributed by atoms with Gasteiger partial charge in [-0.25, -0.2) is 0 Å². The predicted molar refractivity (Wildman–Crippen MR) is 93.8 cm³/mol. The summed E-state index contributed by atoms with van der Waals surface area (Å²) in [5.41, 5.74) is 5.80. The van der Waals surface area contributed by atoms with Crippen molar-refractivity contribution < 1.29 is 9.90 Å². The van der Waals surface area contributed by atoms with Gasteiger partial charge in [0.05, 0.1) is 0 Å². The summed E-state index contributed by atoms with van der Waals surface area (Å²) in [6.07, 6.45) is 0.730. The van der Waals surface area contributed by atoms with Gasteiger partial charge in [-0.1, -0.05) is 44.2 Å². The third kappa shape index (κ3) is 3.29. The molecule has 2 N–H and O–H groups in total. The van der Waals surface area contributed by atoms with E-state index in [0.717, 1.165) is 22.2 Å². The zero-order valence-electron chi connectivity index (χ0n) is 13.5. The van der Waals surface area contributed by atoms with E-state index in [1.807, 2.05) is 12.1 Å². The first-order valence-corrected chi connectivity index (χ1v) is 7.97. The number of carboxylic acids is 1. The van der Waals surface area contributed by atoms with Crippen LogP contribution in [0, 0.1) is 0 Å². The minimum atomic E-state index is -0.759. The van der Waals surface area contributed by atoms with E-state index in [1.165, 1.54) is 11.1 Å². The lowest BCUT2D eigenvalue weighted by Gasteiger charge is -2.10. The van der Waals surface area contributed by atoms with Crippen molar-refractivity contribution in [3.05, 3.63) is 59.7 Å². The highest BCUT2D eigenvalue weighted by Crippen LogP contribution is 2.31. The summed E-state index contributed by atoms with van der Waals surface area (Å²) in [4.78, 5) is 14.2. The lowest BCUT2D eigenvalue weighted by molar-refractivity contribution is -0.136. The molecule has 1 aromatic heterocycles. The van der Waals surface area contributed by atoms with Gasteiger partial charge in [0.25, 0.3) is 0 Å². The highest BCUT2D eigenvalue weighted by Gasteiger charge is 2.10. The molecular formula is C20H21NO2. The molecular weight excluding hydrogens is 286 g/mol. The standard InChI is InChI=1S/C20H21NO2/c1-13(2)16-5-3-4-6-17(16)19-12-15-11-14(8-10-20(22)23)7-9-18(15)21-19/h3-7,9,11-13,21H,8,10H2,1-2H3,(H,22,23). The molecule has 3 rings (SSSR count). The molecule has 1 heterocycles. The van der Waals surface area contributed by atoms with Crippen molar-refractivity contribution in [1.82, 2.24) is 4.98 Å². The van der Waals surface area contributed by atoms with Crippen molar-refractivity contribution in [2.24, 2.45) is 0 Å². The van der Waals surface area contributed by atoms with Crippen molar-refractivity contribution in [1.29, 1.82) is 0 Å². The van der Waals surface area contributed by atoms with Crippen LogP contribution >= 0.6 is 0 Å². The molecule has 0 bridgehead atoms. The van der Waals surface area contributed by atoms with Crippen molar-refractivity contribution in [2.75, 3.05) is 0 Å². The van der Waals surface area contributed by atoms with Gasteiger partial charge < -0.3 is 10.1 Å². The summed E-state index contributed by atoms with van der Waals surface area (Å²) in [5.74, 6) is -0.297. The predicted octanol–water partition coefficient (Wildman–Crippen LogP) is 4.98. The van der Waals surface area contributed by atoms with Gasteiger partial charge in [0, 0.05) is 28.6 Å². The van der Waals surface area contributed by atoms with Gasteiger partial charge in [0.15, 0.2) is 0 Å². The fourth-order valence-electron chi connectivity index (χ4n) is 2.98. The Bertz CT molecular complexity index is 846. The van der Waals surface area contributed by atoms with Crippen LogP contribution in [0.1, 0.15) is 37.3 Å². The van der Waals surface area contributed by atoms with Gasteiger partial charge >= 0.3 is 5.97 Å². The van der Waals surface area contributed by atoms with Gasteiger partial charge in [-0.15, -0.1) is 0 Å². The molecule has 0 saturated heterocycles. The zero-order chi connectivity index (χ0) is 16.4. The van der Waals surface area contributed by atoms with Crippen molar-refractivity contribution in [3.8, 4) is 11.3 Å². The Hall–Kier alpha value is -2.55. The average Bonchev–Trinajstić information content (AvgIpc) is 2.95. The first kappa shape index (κ1) is 15.3. The summed E-state index contributed by atoms with van der Waals surface area (Å²) in [5, 5.41) is 9.94. The minimum absolute atomic E-state index is 0.166. The second kappa shape index (κ2) is 6.29. The lowest BCUT2D eigenvalue weighted by Crippen LogP contribution is -1.96. The third-order valence-electron chi connectivity index (χ3n) is 4.19. The van der Waals surface area contributed by atoms with Gasteiger partial charge in [0.1, 0.15) is 0 Å². The fourth-order valence-corrected chi connectivity index (χ4v) is 2.98. The normalized spacial score (nSPS) is 11.3. The topological polar surface area (TPSA) is 53.1 Å². The van der Waals surface area contributed by atoms with Crippen LogP contribution in [0.2, 0.25) is 0 Å². The number of rotatable bonds is 5. The number of aryl methyl sites for hydroxylation is 1. The van der Waals surface area contributed by atoms with E-state index < -0.39 is 5.97 Å². The summed E-state index contributed by atoms with van der Waals surface area (Å²) in [7, 11) is 0. The molecule has 3 heteroatoms. The summed E-state index contributed by atoms with van der Waals surface area (Å²) >= 11 is 0. The Morgan fingerprint density at radius 2 is 1.91 bits per heavy atom. The molecule has 0 spiro atoms. The average molecular weight is 307 g/mol. The highest BCUT2D eigenvalue weighted by atomic mass is 16.4. The number of hydrogen-bond acceptors (Lipinski definition) is 1. The number of aliphatic carboxylic acids is 1. The van der Waals surface area contributed by atoms with E-state index in [-0.39, 0.29) is 6.42 Å². The minimum Gasteiger partial charge on any atom is -0.481 e. The maximum absolute atomic E-state index is 10.7. The van der Waals surface area contributed by atoms with Crippen molar-refractivity contribution >= 4 is 16.9 Å². The molecule has 0 unspecified atom stereocenters. The number of aromatic nitrogens is 1. The molecule has 3 nitrogen and oxygen atoms in total. The van der Waals surface area contributed by atoms with Crippen molar-refractivity contribution in [2.45, 2.75) is 32.6 Å². The Morgan fingerprint density at radius 1 is 1.13 bits per heavy atom. The SMILES string of the molecule is CC(C)c1ccccc1-c1cc2cc(CCC(=O)O)ccc2[nH]1. The molecule has 0 fully saturated rings. The number of carboxylic acid groups (broad SMARTS) is 1. The van der Waals surface area contributed by atoms with E-state index in [2.05, 4.69) is 55.2 Å². The number of aromatic amines is 1. The van der Waals surface area contributed by atoms with Crippen LogP contribution in [0.15, 0.2) is 48.5 Å². The number of fused-ring (bicyclic) bond motifs is 1. The number of H-pyrrole nitrogens is 1. The molecule has 3 aromatic rings. The number of carbonyl (C=O) groups is 1. The maximum Gasteiger partial charge on any atom is 0.303 e. The van der Waals surface area contributed by atoms with E-state index in [9.17, 15) is 4.79 Å². The summed E-state index contributed by atoms with van der Waals surface area (Å²) in [6.45, 7) is 4.40. The Morgan fingerprint density at radius 3 is 2.65 bits per heavy atom. The zero-order valence-corrected chi connectivity index (χ0v) is 13.5. The summed E-state index contributed by atoms with van der Waals surface area (Å²) < 4.78 is 0. The molecule has 0 aliphatic carbocycles. The van der Waals surface area contributed by atoms with Gasteiger partial charge in [-0.2, -0.15) is 0 Å². The van der Waals surface area contributed by atoms with Crippen molar-refractivity contribution in [3.63, 3.8) is 0 Å². The van der Waals surface area contributed by atoms with E-state index >= 15 is 0 Å². The Balaban J connectivity index is 1.99. The number of nitrogens with one attached hydrogen (secondary N) is 1. The van der Waals surface area contributed by atoms with Gasteiger partial charge in [0.2, 0.25) is 0 Å². The molecule has 0 aliphatic heterocycles. The van der Waals surface area contributed by atoms with E-state index in [0.29, 0.717) is 12.3 Å². The fraction of sp³-hybridized carbons (Fsp3) is 0.250. The highest BCUT2D eigenvalue weighted by molar-refractivity contribution is 5.87. The van der Waals surface area contributed by atoms with Crippen LogP contribution in [-0.4, -0.2) is 16.1 Å². The lowest BCUT2D eigenvalue weighted by atomic mass is 9.95. The molecule has 0 radical (unpaired) electrons. The second-order valence-corrected chi connectivity index (χ2v) is 6.24. The van der Waals surface area contributed by atoms with Crippen LogP contribution in [0.4, 0.5) is 0 Å². The van der Waals surface area contributed by atoms with Crippen LogP contribution in [0.5, 0.6) is 0 Å². The quantitative estimate of drug-likeness (QED) is 0.698.